The van der Waals surface area contributed by atoms with Crippen LogP contribution in [0.1, 0.15) is 25.8 Å². The van der Waals surface area contributed by atoms with E-state index in [1.54, 1.807) is 10.9 Å². The first-order valence-corrected chi connectivity index (χ1v) is 6.44. The van der Waals surface area contributed by atoms with Crippen molar-refractivity contribution >= 4 is 21.6 Å². The predicted molar refractivity (Wildman–Crippen MR) is 68.1 cm³/mol. The molecule has 0 spiro atoms. The van der Waals surface area contributed by atoms with Gasteiger partial charge in [-0.05, 0) is 23.8 Å². The van der Waals surface area contributed by atoms with Crippen molar-refractivity contribution in [1.29, 1.82) is 0 Å². The molecule has 0 radical (unpaired) electrons. The summed E-state index contributed by atoms with van der Waals surface area (Å²) < 4.78 is 2.51. The lowest BCUT2D eigenvalue weighted by molar-refractivity contribution is 0.458. The Bertz CT molecular complexity index is 556. The van der Waals surface area contributed by atoms with Crippen molar-refractivity contribution < 1.29 is 0 Å². The largest absolute Gasteiger partial charge is 0.298 e. The number of thiophene rings is 1. The highest BCUT2D eigenvalue weighted by molar-refractivity contribution is 7.17. The molecule has 16 heavy (non-hydrogen) atoms. The zero-order valence-electron chi connectivity index (χ0n) is 9.86. The van der Waals surface area contributed by atoms with Gasteiger partial charge in [-0.2, -0.15) is 0 Å². The minimum atomic E-state index is 0.100. The molecule has 0 bridgehead atoms. The number of rotatable bonds is 3. The smallest absolute Gasteiger partial charge is 0.271 e. The van der Waals surface area contributed by atoms with Crippen LogP contribution in [-0.4, -0.2) is 9.55 Å². The molecule has 2 aromatic heterocycles. The Morgan fingerprint density at radius 2 is 2.31 bits per heavy atom. The zero-order chi connectivity index (χ0) is 11.7. The fourth-order valence-electron chi connectivity index (χ4n) is 1.66. The summed E-state index contributed by atoms with van der Waals surface area (Å²) in [5.74, 6) is 0.512. The first kappa shape index (κ1) is 11.3. The minimum Gasteiger partial charge on any atom is -0.298 e. The molecule has 86 valence electrons. The van der Waals surface area contributed by atoms with E-state index in [1.807, 2.05) is 12.3 Å². The van der Waals surface area contributed by atoms with Crippen molar-refractivity contribution in [2.45, 2.75) is 33.7 Å². The van der Waals surface area contributed by atoms with Gasteiger partial charge in [0.25, 0.3) is 5.56 Å². The molecule has 2 rings (SSSR count). The van der Waals surface area contributed by atoms with Gasteiger partial charge >= 0.3 is 0 Å². The van der Waals surface area contributed by atoms with Crippen LogP contribution in [0.3, 0.4) is 0 Å². The molecular formula is C12H16N2OS. The quantitative estimate of drug-likeness (QED) is 0.821. The molecule has 0 aliphatic rings. The average Bonchev–Trinajstić information content (AvgIpc) is 2.65. The number of hydrogen-bond acceptors (Lipinski definition) is 3. The van der Waals surface area contributed by atoms with E-state index in [2.05, 4.69) is 18.8 Å². The Labute approximate surface area is 98.8 Å². The summed E-state index contributed by atoms with van der Waals surface area (Å²) in [6, 6.07) is 0. The Hall–Kier alpha value is -1.16. The van der Waals surface area contributed by atoms with E-state index in [9.17, 15) is 4.79 Å². The van der Waals surface area contributed by atoms with Crippen LogP contribution in [0.15, 0.2) is 16.5 Å². The second kappa shape index (κ2) is 4.37. The van der Waals surface area contributed by atoms with Crippen LogP contribution in [0.25, 0.3) is 10.2 Å². The van der Waals surface area contributed by atoms with E-state index in [0.29, 0.717) is 5.92 Å². The number of nitrogens with zero attached hydrogens (tertiary/aromatic N) is 2. The van der Waals surface area contributed by atoms with E-state index in [1.165, 1.54) is 11.3 Å². The normalized spacial score (nSPS) is 13.2. The van der Waals surface area contributed by atoms with Crippen LogP contribution in [-0.2, 0) is 6.54 Å². The SMILES string of the molecule is CCC(C)Cn1cnc2c(C)csc2c1=O. The van der Waals surface area contributed by atoms with Gasteiger partial charge in [0.2, 0.25) is 0 Å². The maximum absolute atomic E-state index is 12.1. The molecule has 0 fully saturated rings. The molecule has 0 N–H and O–H groups in total. The molecule has 2 heterocycles. The molecule has 0 aliphatic heterocycles. The monoisotopic (exact) mass is 236 g/mol. The molecule has 0 saturated heterocycles. The number of aryl methyl sites for hydroxylation is 1. The van der Waals surface area contributed by atoms with Crippen LogP contribution < -0.4 is 5.56 Å². The van der Waals surface area contributed by atoms with Crippen LogP contribution in [0.2, 0.25) is 0 Å². The van der Waals surface area contributed by atoms with Gasteiger partial charge in [0.15, 0.2) is 0 Å². The third-order valence-corrected chi connectivity index (χ3v) is 4.00. The highest BCUT2D eigenvalue weighted by atomic mass is 32.1. The van der Waals surface area contributed by atoms with Gasteiger partial charge in [0.1, 0.15) is 4.70 Å². The maximum atomic E-state index is 12.1. The van der Waals surface area contributed by atoms with E-state index in [-0.39, 0.29) is 5.56 Å². The van der Waals surface area contributed by atoms with E-state index < -0.39 is 0 Å². The van der Waals surface area contributed by atoms with Gasteiger partial charge in [-0.1, -0.05) is 20.3 Å². The fourth-order valence-corrected chi connectivity index (χ4v) is 2.61. The Kier molecular flexibility index (Phi) is 3.10. The molecule has 2 aromatic rings. The van der Waals surface area contributed by atoms with Crippen LogP contribution in [0.4, 0.5) is 0 Å². The summed E-state index contributed by atoms with van der Waals surface area (Å²) in [4.78, 5) is 16.5. The van der Waals surface area contributed by atoms with Crippen LogP contribution in [0, 0.1) is 12.8 Å². The maximum Gasteiger partial charge on any atom is 0.271 e. The van der Waals surface area contributed by atoms with E-state index >= 15 is 0 Å². The molecule has 0 aromatic carbocycles. The van der Waals surface area contributed by atoms with E-state index in [0.717, 1.165) is 28.7 Å². The third-order valence-electron chi connectivity index (χ3n) is 2.93. The molecule has 3 nitrogen and oxygen atoms in total. The summed E-state index contributed by atoms with van der Waals surface area (Å²) in [6.07, 6.45) is 2.75. The standard InChI is InChI=1S/C12H16N2OS/c1-4-8(2)5-14-7-13-10-9(3)6-16-11(10)12(14)15/h6-8H,4-5H2,1-3H3. The molecule has 0 aliphatic carbocycles. The molecule has 1 unspecified atom stereocenters. The van der Waals surface area contributed by atoms with Crippen molar-refractivity contribution in [3.05, 3.63) is 27.6 Å². The Morgan fingerprint density at radius 1 is 1.56 bits per heavy atom. The second-order valence-corrected chi connectivity index (χ2v) is 5.19. The highest BCUT2D eigenvalue weighted by Crippen LogP contribution is 2.19. The number of aromatic nitrogens is 2. The summed E-state index contributed by atoms with van der Waals surface area (Å²) >= 11 is 1.49. The van der Waals surface area contributed by atoms with Gasteiger partial charge in [-0.15, -0.1) is 11.3 Å². The predicted octanol–water partition coefficient (Wildman–Crippen LogP) is 2.81. The number of fused-ring (bicyclic) bond motifs is 1. The molecule has 4 heteroatoms. The molecular weight excluding hydrogens is 220 g/mol. The van der Waals surface area contributed by atoms with Gasteiger partial charge in [-0.3, -0.25) is 9.36 Å². The Balaban J connectivity index is 2.49. The zero-order valence-corrected chi connectivity index (χ0v) is 10.7. The lowest BCUT2D eigenvalue weighted by Gasteiger charge is -2.10. The number of hydrogen-bond donors (Lipinski definition) is 0. The highest BCUT2D eigenvalue weighted by Gasteiger charge is 2.09. The van der Waals surface area contributed by atoms with Crippen molar-refractivity contribution in [1.82, 2.24) is 9.55 Å². The molecule has 0 amide bonds. The minimum absolute atomic E-state index is 0.100. The summed E-state index contributed by atoms with van der Waals surface area (Å²) in [7, 11) is 0. The van der Waals surface area contributed by atoms with E-state index in [4.69, 9.17) is 0 Å². The van der Waals surface area contributed by atoms with Crippen molar-refractivity contribution in [3.8, 4) is 0 Å². The van der Waals surface area contributed by atoms with Gasteiger partial charge in [-0.25, -0.2) is 4.98 Å². The summed E-state index contributed by atoms with van der Waals surface area (Å²) in [5.41, 5.74) is 2.05. The van der Waals surface area contributed by atoms with Crippen molar-refractivity contribution in [2.24, 2.45) is 5.92 Å². The first-order chi connectivity index (χ1) is 7.63. The third kappa shape index (κ3) is 1.89. The fraction of sp³-hybridized carbons (Fsp3) is 0.500. The summed E-state index contributed by atoms with van der Waals surface area (Å²) in [6.45, 7) is 7.03. The second-order valence-electron chi connectivity index (χ2n) is 4.31. The van der Waals surface area contributed by atoms with Gasteiger partial charge < -0.3 is 0 Å². The topological polar surface area (TPSA) is 34.9 Å². The lowest BCUT2D eigenvalue weighted by Crippen LogP contribution is -2.22. The van der Waals surface area contributed by atoms with Crippen LogP contribution in [0.5, 0.6) is 0 Å². The lowest BCUT2D eigenvalue weighted by atomic mass is 10.1. The van der Waals surface area contributed by atoms with Gasteiger partial charge in [0.05, 0.1) is 11.8 Å². The van der Waals surface area contributed by atoms with Crippen LogP contribution >= 0.6 is 11.3 Å². The van der Waals surface area contributed by atoms with Crippen molar-refractivity contribution in [3.63, 3.8) is 0 Å². The molecule has 0 saturated carbocycles. The first-order valence-electron chi connectivity index (χ1n) is 5.56. The summed E-state index contributed by atoms with van der Waals surface area (Å²) in [5, 5.41) is 1.99. The molecule has 1 atom stereocenters. The average molecular weight is 236 g/mol. The van der Waals surface area contributed by atoms with Gasteiger partial charge in [0, 0.05) is 6.54 Å². The van der Waals surface area contributed by atoms with Crippen molar-refractivity contribution in [2.75, 3.05) is 0 Å². The Morgan fingerprint density at radius 3 is 3.00 bits per heavy atom.